The third kappa shape index (κ3) is 5.86. The predicted molar refractivity (Wildman–Crippen MR) is 140 cm³/mol. The van der Waals surface area contributed by atoms with Gasteiger partial charge in [0.1, 0.15) is 0 Å². The Morgan fingerprint density at radius 3 is 2.53 bits per heavy atom. The van der Waals surface area contributed by atoms with E-state index in [1.165, 1.54) is 11.1 Å². The molecule has 1 heterocycles. The zero-order valence-electron chi connectivity index (χ0n) is 19.4. The number of fused-ring (bicyclic) bond motifs is 1. The minimum absolute atomic E-state index is 0.184. The first-order chi connectivity index (χ1) is 16.4. The van der Waals surface area contributed by atoms with Gasteiger partial charge in [-0.2, -0.15) is 0 Å². The molecule has 2 amide bonds. The molecule has 1 aromatic heterocycles. The number of carbonyl (C=O) groups excluding carboxylic acids is 1. The number of nitrogens with zero attached hydrogens (tertiary/aromatic N) is 1. The topological polar surface area (TPSA) is 65.2 Å². The molecule has 174 valence electrons. The fourth-order valence-corrected chi connectivity index (χ4v) is 4.09. The number of amides is 2. The minimum Gasteiger partial charge on any atom is -0.322 e. The zero-order chi connectivity index (χ0) is 24.1. The van der Waals surface area contributed by atoms with E-state index in [-0.39, 0.29) is 18.1 Å². The highest BCUT2D eigenvalue weighted by Gasteiger charge is 2.17. The Morgan fingerprint density at radius 2 is 1.79 bits per heavy atom. The number of aromatic nitrogens is 1. The molecule has 0 aliphatic carbocycles. The van der Waals surface area contributed by atoms with Crippen molar-refractivity contribution in [2.75, 3.05) is 11.9 Å². The number of rotatable bonds is 7. The number of H-pyrrole nitrogens is 1. The number of aromatic amines is 1. The van der Waals surface area contributed by atoms with Crippen LogP contribution in [0, 0.1) is 6.92 Å². The molecule has 0 aliphatic rings. The third-order valence-electron chi connectivity index (χ3n) is 5.89. The van der Waals surface area contributed by atoms with Gasteiger partial charge in [-0.25, -0.2) is 4.79 Å². The van der Waals surface area contributed by atoms with Gasteiger partial charge >= 0.3 is 6.03 Å². The van der Waals surface area contributed by atoms with E-state index in [9.17, 15) is 9.59 Å². The molecular formula is C28H28ClN3O2. The Labute approximate surface area is 204 Å². The summed E-state index contributed by atoms with van der Waals surface area (Å²) >= 11 is 5.97. The molecule has 0 aliphatic heterocycles. The molecule has 0 bridgehead atoms. The zero-order valence-corrected chi connectivity index (χ0v) is 20.2. The molecule has 0 atom stereocenters. The summed E-state index contributed by atoms with van der Waals surface area (Å²) < 4.78 is 0. The highest BCUT2D eigenvalue weighted by atomic mass is 35.5. The van der Waals surface area contributed by atoms with E-state index in [0.717, 1.165) is 22.9 Å². The standard InChI is InChI=1S/C28H28ClN3O2/c1-3-20-7-12-26-22(16-20)17-23(27(33)31-26)18-32(14-13-21-6-4-5-19(2)15-21)28(34)30-25-10-8-24(29)9-11-25/h4-12,15-17H,3,13-14,18H2,1-2H3,(H,30,34)(H,31,33). The summed E-state index contributed by atoms with van der Waals surface area (Å²) in [7, 11) is 0. The number of benzene rings is 3. The van der Waals surface area contributed by atoms with Crippen LogP contribution in [-0.2, 0) is 19.4 Å². The van der Waals surface area contributed by atoms with E-state index in [1.54, 1.807) is 29.2 Å². The summed E-state index contributed by atoms with van der Waals surface area (Å²) in [6.07, 6.45) is 1.59. The number of hydrogen-bond donors (Lipinski definition) is 2. The second-order valence-corrected chi connectivity index (χ2v) is 8.93. The summed E-state index contributed by atoms with van der Waals surface area (Å²) in [5, 5.41) is 4.49. The van der Waals surface area contributed by atoms with Crippen LogP contribution >= 0.6 is 11.6 Å². The first-order valence-corrected chi connectivity index (χ1v) is 11.8. The molecule has 5 nitrogen and oxygen atoms in total. The second kappa shape index (κ2) is 10.6. The van der Waals surface area contributed by atoms with Crippen LogP contribution in [0.1, 0.15) is 29.2 Å². The minimum atomic E-state index is -0.267. The van der Waals surface area contributed by atoms with Gasteiger partial charge in [0.2, 0.25) is 0 Å². The summed E-state index contributed by atoms with van der Waals surface area (Å²) in [4.78, 5) is 30.7. The first-order valence-electron chi connectivity index (χ1n) is 11.4. The van der Waals surface area contributed by atoms with Gasteiger partial charge in [-0.3, -0.25) is 4.79 Å². The van der Waals surface area contributed by atoms with Gasteiger partial charge in [0, 0.05) is 28.3 Å². The fraction of sp³-hybridized carbons (Fsp3) is 0.214. The molecule has 0 unspecified atom stereocenters. The van der Waals surface area contributed by atoms with Crippen LogP contribution in [0.15, 0.2) is 77.6 Å². The monoisotopic (exact) mass is 473 g/mol. The lowest BCUT2D eigenvalue weighted by Crippen LogP contribution is -2.37. The lowest BCUT2D eigenvalue weighted by atomic mass is 10.1. The van der Waals surface area contributed by atoms with Gasteiger partial charge < -0.3 is 15.2 Å². The molecule has 4 rings (SSSR count). The SMILES string of the molecule is CCc1ccc2[nH]c(=O)c(CN(CCc3cccc(C)c3)C(=O)Nc3ccc(Cl)cc3)cc2c1. The van der Waals surface area contributed by atoms with Gasteiger partial charge in [0.15, 0.2) is 0 Å². The number of halogens is 1. The van der Waals surface area contributed by atoms with Crippen LogP contribution in [0.4, 0.5) is 10.5 Å². The molecule has 34 heavy (non-hydrogen) atoms. The number of pyridine rings is 1. The maximum Gasteiger partial charge on any atom is 0.322 e. The number of aryl methyl sites for hydroxylation is 2. The van der Waals surface area contributed by atoms with E-state index >= 15 is 0 Å². The lowest BCUT2D eigenvalue weighted by Gasteiger charge is -2.23. The normalized spacial score (nSPS) is 10.9. The van der Waals surface area contributed by atoms with Crippen LogP contribution in [0.3, 0.4) is 0 Å². The quantitative estimate of drug-likeness (QED) is 0.329. The third-order valence-corrected chi connectivity index (χ3v) is 6.14. The Morgan fingerprint density at radius 1 is 1.00 bits per heavy atom. The number of hydrogen-bond acceptors (Lipinski definition) is 2. The predicted octanol–water partition coefficient (Wildman–Crippen LogP) is 6.33. The van der Waals surface area contributed by atoms with Crippen LogP contribution in [-0.4, -0.2) is 22.5 Å². The highest BCUT2D eigenvalue weighted by molar-refractivity contribution is 6.30. The van der Waals surface area contributed by atoms with Gasteiger partial charge in [0.25, 0.3) is 5.56 Å². The molecule has 0 fully saturated rings. The highest BCUT2D eigenvalue weighted by Crippen LogP contribution is 2.17. The van der Waals surface area contributed by atoms with E-state index < -0.39 is 0 Å². The lowest BCUT2D eigenvalue weighted by molar-refractivity contribution is 0.209. The van der Waals surface area contributed by atoms with Crippen molar-refractivity contribution in [2.45, 2.75) is 33.2 Å². The number of carbonyl (C=O) groups is 1. The van der Waals surface area contributed by atoms with E-state index in [4.69, 9.17) is 11.6 Å². The molecule has 0 saturated carbocycles. The maximum absolute atomic E-state index is 13.2. The van der Waals surface area contributed by atoms with Crippen LogP contribution in [0.5, 0.6) is 0 Å². The number of nitrogens with one attached hydrogen (secondary N) is 2. The molecule has 4 aromatic rings. The molecule has 2 N–H and O–H groups in total. The Bertz CT molecular complexity index is 1360. The second-order valence-electron chi connectivity index (χ2n) is 8.50. The molecule has 6 heteroatoms. The first kappa shape index (κ1) is 23.6. The van der Waals surface area contributed by atoms with Crippen molar-refractivity contribution < 1.29 is 4.79 Å². The van der Waals surface area contributed by atoms with Crippen molar-refractivity contribution in [1.29, 1.82) is 0 Å². The molecule has 0 saturated heterocycles. The Kier molecular flexibility index (Phi) is 7.33. The summed E-state index contributed by atoms with van der Waals surface area (Å²) in [6, 6.07) is 22.9. The number of urea groups is 1. The summed E-state index contributed by atoms with van der Waals surface area (Å²) in [5.41, 5.74) is 5.32. The number of anilines is 1. The van der Waals surface area contributed by atoms with Gasteiger partial charge in [-0.1, -0.05) is 54.4 Å². The average Bonchev–Trinajstić information content (AvgIpc) is 2.83. The van der Waals surface area contributed by atoms with Gasteiger partial charge in [-0.05, 0) is 78.7 Å². The molecule has 0 spiro atoms. The van der Waals surface area contributed by atoms with Crippen molar-refractivity contribution in [3.63, 3.8) is 0 Å². The molecule has 3 aromatic carbocycles. The van der Waals surface area contributed by atoms with Crippen molar-refractivity contribution in [3.8, 4) is 0 Å². The van der Waals surface area contributed by atoms with Crippen LogP contribution < -0.4 is 10.9 Å². The van der Waals surface area contributed by atoms with Crippen molar-refractivity contribution in [1.82, 2.24) is 9.88 Å². The van der Waals surface area contributed by atoms with E-state index in [0.29, 0.717) is 29.2 Å². The largest absolute Gasteiger partial charge is 0.322 e. The Hall–Kier alpha value is -3.57. The van der Waals surface area contributed by atoms with Crippen molar-refractivity contribution >= 4 is 34.2 Å². The molecule has 0 radical (unpaired) electrons. The van der Waals surface area contributed by atoms with Gasteiger partial charge in [-0.15, -0.1) is 0 Å². The van der Waals surface area contributed by atoms with Crippen molar-refractivity contribution in [3.05, 3.63) is 110 Å². The van der Waals surface area contributed by atoms with Gasteiger partial charge in [0.05, 0.1) is 6.54 Å². The van der Waals surface area contributed by atoms with Crippen LogP contribution in [0.2, 0.25) is 5.02 Å². The summed E-state index contributed by atoms with van der Waals surface area (Å²) in [5.74, 6) is 0. The maximum atomic E-state index is 13.2. The summed E-state index contributed by atoms with van der Waals surface area (Å²) in [6.45, 7) is 4.82. The van der Waals surface area contributed by atoms with Crippen LogP contribution in [0.25, 0.3) is 10.9 Å². The Balaban J connectivity index is 1.61. The fourth-order valence-electron chi connectivity index (χ4n) is 3.96. The average molecular weight is 474 g/mol. The molecular weight excluding hydrogens is 446 g/mol. The smallest absolute Gasteiger partial charge is 0.322 e. The van der Waals surface area contributed by atoms with E-state index in [1.807, 2.05) is 37.3 Å². The van der Waals surface area contributed by atoms with E-state index in [2.05, 4.69) is 35.4 Å². The van der Waals surface area contributed by atoms with Crippen molar-refractivity contribution in [2.24, 2.45) is 0 Å².